The van der Waals surface area contributed by atoms with Crippen molar-refractivity contribution in [3.63, 3.8) is 0 Å². The summed E-state index contributed by atoms with van der Waals surface area (Å²) in [5.74, 6) is -1.54. The van der Waals surface area contributed by atoms with E-state index < -0.39 is 22.2 Å². The van der Waals surface area contributed by atoms with Crippen molar-refractivity contribution < 1.29 is 13.7 Å². The molecule has 0 spiro atoms. The van der Waals surface area contributed by atoms with E-state index in [4.69, 9.17) is 0 Å². The van der Waals surface area contributed by atoms with Crippen LogP contribution in [0.3, 0.4) is 0 Å². The van der Waals surface area contributed by atoms with Gasteiger partial charge in [0.25, 0.3) is 0 Å². The highest BCUT2D eigenvalue weighted by Crippen LogP contribution is 2.52. The van der Waals surface area contributed by atoms with Crippen molar-refractivity contribution in [2.75, 3.05) is 11.9 Å². The molecule has 0 heterocycles. The van der Waals surface area contributed by atoms with E-state index in [1.807, 2.05) is 0 Å². The van der Waals surface area contributed by atoms with E-state index in [0.717, 1.165) is 18.9 Å². The van der Waals surface area contributed by atoms with Gasteiger partial charge >= 0.3 is 5.69 Å². The van der Waals surface area contributed by atoms with Gasteiger partial charge in [-0.2, -0.15) is 4.39 Å². The Balaban J connectivity index is 2.22. The van der Waals surface area contributed by atoms with E-state index in [9.17, 15) is 18.9 Å². The van der Waals surface area contributed by atoms with Crippen LogP contribution in [0.5, 0.6) is 0 Å². The average Bonchev–Trinajstić information content (AvgIpc) is 3.05. The van der Waals surface area contributed by atoms with Gasteiger partial charge in [-0.25, -0.2) is 4.39 Å². The molecule has 6 heteroatoms. The van der Waals surface area contributed by atoms with Crippen molar-refractivity contribution in [3.05, 3.63) is 33.9 Å². The van der Waals surface area contributed by atoms with Crippen LogP contribution in [0.4, 0.5) is 20.2 Å². The highest BCUT2D eigenvalue weighted by molar-refractivity contribution is 5.62. The van der Waals surface area contributed by atoms with Crippen LogP contribution in [0.25, 0.3) is 0 Å². The van der Waals surface area contributed by atoms with Crippen LogP contribution in [0.15, 0.2) is 12.1 Å². The summed E-state index contributed by atoms with van der Waals surface area (Å²) in [6, 6.07) is 1.50. The van der Waals surface area contributed by atoms with Gasteiger partial charge < -0.3 is 5.32 Å². The molecule has 1 aliphatic carbocycles. The van der Waals surface area contributed by atoms with Gasteiger partial charge in [0, 0.05) is 18.7 Å². The molecule has 1 fully saturated rings. The Bertz CT molecular complexity index is 514. The van der Waals surface area contributed by atoms with E-state index in [0.29, 0.717) is 18.5 Å². The molecule has 4 nitrogen and oxygen atoms in total. The summed E-state index contributed by atoms with van der Waals surface area (Å²) >= 11 is 0. The fourth-order valence-electron chi connectivity index (χ4n) is 2.28. The highest BCUT2D eigenvalue weighted by atomic mass is 19.1. The Morgan fingerprint density at radius 1 is 1.42 bits per heavy atom. The lowest BCUT2D eigenvalue weighted by Crippen LogP contribution is -2.21. The number of halogens is 2. The molecule has 1 N–H and O–H groups in total. The average molecular weight is 270 g/mol. The molecule has 1 aromatic carbocycles. The molecule has 0 amide bonds. The van der Waals surface area contributed by atoms with Gasteiger partial charge in [-0.1, -0.05) is 13.8 Å². The maximum atomic E-state index is 13.4. The molecule has 19 heavy (non-hydrogen) atoms. The fourth-order valence-corrected chi connectivity index (χ4v) is 2.28. The molecule has 1 aliphatic rings. The SMILES string of the molecule is CC(C)C1(CNc2cc(F)cc(F)c2[N+](=O)[O-])CC1. The number of nitro groups is 1. The molecule has 0 aromatic heterocycles. The van der Waals surface area contributed by atoms with Crippen molar-refractivity contribution in [2.45, 2.75) is 26.7 Å². The summed E-state index contributed by atoms with van der Waals surface area (Å²) in [5.41, 5.74) is -0.688. The summed E-state index contributed by atoms with van der Waals surface area (Å²) in [6.07, 6.45) is 2.06. The zero-order valence-corrected chi connectivity index (χ0v) is 10.9. The van der Waals surface area contributed by atoms with Crippen LogP contribution < -0.4 is 5.32 Å². The van der Waals surface area contributed by atoms with Crippen LogP contribution in [-0.4, -0.2) is 11.5 Å². The fraction of sp³-hybridized carbons (Fsp3) is 0.538. The minimum absolute atomic E-state index is 0.0885. The molecule has 0 aliphatic heterocycles. The number of rotatable bonds is 5. The van der Waals surface area contributed by atoms with E-state index in [1.54, 1.807) is 0 Å². The minimum Gasteiger partial charge on any atom is -0.379 e. The van der Waals surface area contributed by atoms with Gasteiger partial charge in [0.2, 0.25) is 5.82 Å². The van der Waals surface area contributed by atoms with Crippen LogP contribution in [0, 0.1) is 33.1 Å². The first-order valence-corrected chi connectivity index (χ1v) is 6.23. The third-order valence-corrected chi connectivity index (χ3v) is 3.96. The lowest BCUT2D eigenvalue weighted by molar-refractivity contribution is -0.386. The zero-order valence-electron chi connectivity index (χ0n) is 10.9. The molecule has 0 radical (unpaired) electrons. The van der Waals surface area contributed by atoms with Crippen molar-refractivity contribution in [1.29, 1.82) is 0 Å². The number of hydrogen-bond acceptors (Lipinski definition) is 3. The Kier molecular flexibility index (Phi) is 3.43. The first-order valence-electron chi connectivity index (χ1n) is 6.23. The second-order valence-electron chi connectivity index (χ2n) is 5.41. The van der Waals surface area contributed by atoms with Crippen molar-refractivity contribution >= 4 is 11.4 Å². The maximum Gasteiger partial charge on any atom is 0.327 e. The predicted octanol–water partition coefficient (Wildman–Crippen LogP) is 3.72. The van der Waals surface area contributed by atoms with Crippen LogP contribution in [0.1, 0.15) is 26.7 Å². The number of anilines is 1. The third-order valence-electron chi connectivity index (χ3n) is 3.96. The highest BCUT2D eigenvalue weighted by Gasteiger charge is 2.45. The molecule has 1 saturated carbocycles. The molecular weight excluding hydrogens is 254 g/mol. The number of hydrogen-bond donors (Lipinski definition) is 1. The quantitative estimate of drug-likeness (QED) is 0.655. The van der Waals surface area contributed by atoms with Crippen LogP contribution in [-0.2, 0) is 0 Å². The number of nitrogens with zero attached hydrogens (tertiary/aromatic N) is 1. The summed E-state index contributed by atoms with van der Waals surface area (Å²) in [5, 5.41) is 13.7. The zero-order chi connectivity index (χ0) is 14.2. The lowest BCUT2D eigenvalue weighted by atomic mass is 9.92. The van der Waals surface area contributed by atoms with Gasteiger partial charge in [0.15, 0.2) is 0 Å². The van der Waals surface area contributed by atoms with Crippen molar-refractivity contribution in [3.8, 4) is 0 Å². The minimum atomic E-state index is -1.15. The molecule has 0 bridgehead atoms. The molecule has 0 saturated heterocycles. The van der Waals surface area contributed by atoms with Gasteiger partial charge in [-0.15, -0.1) is 0 Å². The van der Waals surface area contributed by atoms with Crippen LogP contribution in [0.2, 0.25) is 0 Å². The van der Waals surface area contributed by atoms with E-state index in [1.165, 1.54) is 0 Å². The van der Waals surface area contributed by atoms with E-state index >= 15 is 0 Å². The first kappa shape index (κ1) is 13.7. The standard InChI is InChI=1S/C13H16F2N2O2/c1-8(2)13(3-4-13)7-16-11-6-9(14)5-10(15)12(11)17(18)19/h5-6,8,16H,3-4,7H2,1-2H3. The summed E-state index contributed by atoms with van der Waals surface area (Å²) in [4.78, 5) is 10.0. The number of nitro benzene ring substituents is 1. The third kappa shape index (κ3) is 2.67. The Morgan fingerprint density at radius 3 is 2.53 bits per heavy atom. The summed E-state index contributed by atoms with van der Waals surface area (Å²) in [6.45, 7) is 4.65. The van der Waals surface area contributed by atoms with Crippen molar-refractivity contribution in [1.82, 2.24) is 0 Å². The number of nitrogens with one attached hydrogen (secondary N) is 1. The normalized spacial score (nSPS) is 16.5. The van der Waals surface area contributed by atoms with Gasteiger partial charge in [0.1, 0.15) is 11.5 Å². The second kappa shape index (κ2) is 4.75. The molecular formula is C13H16F2N2O2. The maximum absolute atomic E-state index is 13.4. The largest absolute Gasteiger partial charge is 0.379 e. The predicted molar refractivity (Wildman–Crippen MR) is 68.0 cm³/mol. The van der Waals surface area contributed by atoms with Crippen molar-refractivity contribution in [2.24, 2.45) is 11.3 Å². The summed E-state index contributed by atoms with van der Waals surface area (Å²) in [7, 11) is 0. The summed E-state index contributed by atoms with van der Waals surface area (Å²) < 4.78 is 26.6. The molecule has 2 rings (SSSR count). The number of benzene rings is 1. The molecule has 104 valence electrons. The molecule has 0 atom stereocenters. The Hall–Kier alpha value is -1.72. The first-order chi connectivity index (χ1) is 8.85. The lowest BCUT2D eigenvalue weighted by Gasteiger charge is -2.20. The van der Waals surface area contributed by atoms with Crippen LogP contribution >= 0.6 is 0 Å². The topological polar surface area (TPSA) is 55.2 Å². The molecule has 0 unspecified atom stereocenters. The monoisotopic (exact) mass is 270 g/mol. The smallest absolute Gasteiger partial charge is 0.327 e. The Morgan fingerprint density at radius 2 is 2.05 bits per heavy atom. The Labute approximate surface area is 110 Å². The van der Waals surface area contributed by atoms with E-state index in [2.05, 4.69) is 19.2 Å². The van der Waals surface area contributed by atoms with E-state index in [-0.39, 0.29) is 11.1 Å². The van der Waals surface area contributed by atoms with Gasteiger partial charge in [-0.3, -0.25) is 10.1 Å². The van der Waals surface area contributed by atoms with Gasteiger partial charge in [-0.05, 0) is 24.2 Å². The molecule has 1 aromatic rings. The van der Waals surface area contributed by atoms with Gasteiger partial charge in [0.05, 0.1) is 4.92 Å². The second-order valence-corrected chi connectivity index (χ2v) is 5.41.